The third-order valence-electron chi connectivity index (χ3n) is 4.13. The van der Waals surface area contributed by atoms with E-state index in [9.17, 15) is 4.79 Å². The number of nitrogens with one attached hydrogen (secondary N) is 1. The molecule has 0 bridgehead atoms. The lowest BCUT2D eigenvalue weighted by Crippen LogP contribution is -2.43. The molecule has 1 fully saturated rings. The zero-order chi connectivity index (χ0) is 14.8. The Bertz CT molecular complexity index is 496. The highest BCUT2D eigenvalue weighted by atomic mass is 79.9. The minimum absolute atomic E-state index is 0.0936. The Hall–Kier alpha value is -1.07. The van der Waals surface area contributed by atoms with Crippen LogP contribution in [0.1, 0.15) is 30.1 Å². The maximum absolute atomic E-state index is 12.2. The Morgan fingerprint density at radius 3 is 2.75 bits per heavy atom. The fourth-order valence-corrected chi connectivity index (χ4v) is 2.81. The van der Waals surface area contributed by atoms with Gasteiger partial charge in [0.15, 0.2) is 0 Å². The quantitative estimate of drug-likeness (QED) is 0.832. The Balaban J connectivity index is 1.97. The number of hydrogen-bond donors (Lipinski definition) is 2. The molecule has 1 aliphatic heterocycles. The van der Waals surface area contributed by atoms with Gasteiger partial charge in [0.1, 0.15) is 0 Å². The van der Waals surface area contributed by atoms with Gasteiger partial charge < -0.3 is 16.0 Å². The van der Waals surface area contributed by atoms with E-state index in [1.165, 1.54) is 0 Å². The highest BCUT2D eigenvalue weighted by molar-refractivity contribution is 9.10. The second kappa shape index (κ2) is 6.14. The molecule has 1 aromatic rings. The van der Waals surface area contributed by atoms with Crippen molar-refractivity contribution < 1.29 is 4.79 Å². The van der Waals surface area contributed by atoms with Gasteiger partial charge in [-0.25, -0.2) is 0 Å². The fourth-order valence-electron chi connectivity index (χ4n) is 2.45. The lowest BCUT2D eigenvalue weighted by atomic mass is 9.80. The molecule has 1 aliphatic rings. The number of nitrogens with zero attached hydrogens (tertiary/aromatic N) is 1. The third kappa shape index (κ3) is 3.73. The average Bonchev–Trinajstić information content (AvgIpc) is 2.43. The molecule has 4 nitrogen and oxygen atoms in total. The SMILES string of the molecule is CN1CCC(C)(CNC(=O)c2cc(Br)ccc2N)CC1. The summed E-state index contributed by atoms with van der Waals surface area (Å²) in [4.78, 5) is 14.6. The van der Waals surface area contributed by atoms with Crippen molar-refractivity contribution in [1.82, 2.24) is 10.2 Å². The van der Waals surface area contributed by atoms with Gasteiger partial charge in [0.05, 0.1) is 5.56 Å². The molecule has 1 amide bonds. The molecule has 1 aromatic carbocycles. The van der Waals surface area contributed by atoms with E-state index >= 15 is 0 Å². The van der Waals surface area contributed by atoms with Gasteiger partial charge in [-0.05, 0) is 56.6 Å². The Labute approximate surface area is 128 Å². The Morgan fingerprint density at radius 2 is 2.10 bits per heavy atom. The summed E-state index contributed by atoms with van der Waals surface area (Å²) in [6.45, 7) is 5.12. The number of carbonyl (C=O) groups is 1. The summed E-state index contributed by atoms with van der Waals surface area (Å²) >= 11 is 3.37. The van der Waals surface area contributed by atoms with E-state index in [1.54, 1.807) is 12.1 Å². The van der Waals surface area contributed by atoms with Crippen LogP contribution in [0.4, 0.5) is 5.69 Å². The first-order valence-corrected chi connectivity index (χ1v) is 7.71. The van der Waals surface area contributed by atoms with Gasteiger partial charge in [0.2, 0.25) is 0 Å². The van der Waals surface area contributed by atoms with E-state index in [4.69, 9.17) is 5.73 Å². The van der Waals surface area contributed by atoms with Crippen LogP contribution in [-0.2, 0) is 0 Å². The van der Waals surface area contributed by atoms with Crippen molar-refractivity contribution in [2.75, 3.05) is 32.4 Å². The van der Waals surface area contributed by atoms with Gasteiger partial charge >= 0.3 is 0 Å². The molecule has 2 rings (SSSR count). The minimum Gasteiger partial charge on any atom is -0.398 e. The Kier molecular flexibility index (Phi) is 4.70. The summed E-state index contributed by atoms with van der Waals surface area (Å²) in [5.74, 6) is -0.0936. The van der Waals surface area contributed by atoms with Crippen LogP contribution in [0, 0.1) is 5.41 Å². The van der Waals surface area contributed by atoms with E-state index in [-0.39, 0.29) is 11.3 Å². The lowest BCUT2D eigenvalue weighted by molar-refractivity contribution is 0.0892. The zero-order valence-electron chi connectivity index (χ0n) is 12.1. The maximum Gasteiger partial charge on any atom is 0.253 e. The molecular formula is C15H22BrN3O. The number of carbonyl (C=O) groups excluding carboxylic acids is 1. The molecule has 5 heteroatoms. The molecule has 0 saturated carbocycles. The van der Waals surface area contributed by atoms with Crippen LogP contribution in [0.15, 0.2) is 22.7 Å². The molecule has 0 unspecified atom stereocenters. The van der Waals surface area contributed by atoms with Crippen molar-refractivity contribution in [2.45, 2.75) is 19.8 Å². The van der Waals surface area contributed by atoms with Gasteiger partial charge in [0.25, 0.3) is 5.91 Å². The molecule has 0 radical (unpaired) electrons. The number of rotatable bonds is 3. The molecule has 20 heavy (non-hydrogen) atoms. The highest BCUT2D eigenvalue weighted by Gasteiger charge is 2.29. The van der Waals surface area contributed by atoms with Crippen LogP contribution < -0.4 is 11.1 Å². The number of benzene rings is 1. The van der Waals surface area contributed by atoms with Gasteiger partial charge in [-0.1, -0.05) is 22.9 Å². The normalized spacial score (nSPS) is 18.8. The second-order valence-corrected chi connectivity index (χ2v) is 6.94. The van der Waals surface area contributed by atoms with Gasteiger partial charge in [0, 0.05) is 16.7 Å². The molecule has 0 atom stereocenters. The average molecular weight is 340 g/mol. The molecule has 1 saturated heterocycles. The van der Waals surface area contributed by atoms with Crippen LogP contribution in [0.3, 0.4) is 0 Å². The summed E-state index contributed by atoms with van der Waals surface area (Å²) < 4.78 is 0.863. The highest BCUT2D eigenvalue weighted by Crippen LogP contribution is 2.29. The van der Waals surface area contributed by atoms with E-state index in [0.29, 0.717) is 17.8 Å². The summed E-state index contributed by atoms with van der Waals surface area (Å²) in [6.07, 6.45) is 2.22. The first-order valence-electron chi connectivity index (χ1n) is 6.91. The monoisotopic (exact) mass is 339 g/mol. The molecule has 0 aliphatic carbocycles. The van der Waals surface area contributed by atoms with E-state index in [1.807, 2.05) is 6.07 Å². The second-order valence-electron chi connectivity index (χ2n) is 6.03. The third-order valence-corrected chi connectivity index (χ3v) is 4.62. The van der Waals surface area contributed by atoms with E-state index in [0.717, 1.165) is 30.4 Å². The number of nitrogens with two attached hydrogens (primary N) is 1. The van der Waals surface area contributed by atoms with Crippen molar-refractivity contribution in [3.63, 3.8) is 0 Å². The van der Waals surface area contributed by atoms with Crippen molar-refractivity contribution >= 4 is 27.5 Å². The predicted octanol–water partition coefficient (Wildman–Crippen LogP) is 2.49. The number of hydrogen-bond acceptors (Lipinski definition) is 3. The van der Waals surface area contributed by atoms with Crippen molar-refractivity contribution in [1.29, 1.82) is 0 Å². The molecule has 0 spiro atoms. The van der Waals surface area contributed by atoms with Gasteiger partial charge in [-0.15, -0.1) is 0 Å². The number of amides is 1. The number of piperidine rings is 1. The largest absolute Gasteiger partial charge is 0.398 e. The molecule has 110 valence electrons. The van der Waals surface area contributed by atoms with Gasteiger partial charge in [-0.2, -0.15) is 0 Å². The van der Waals surface area contributed by atoms with Crippen LogP contribution in [0.25, 0.3) is 0 Å². The summed E-state index contributed by atoms with van der Waals surface area (Å²) in [5.41, 5.74) is 7.10. The summed E-state index contributed by atoms with van der Waals surface area (Å²) in [5, 5.41) is 3.03. The first kappa shape index (κ1) is 15.3. The smallest absolute Gasteiger partial charge is 0.253 e. The number of anilines is 1. The lowest BCUT2D eigenvalue weighted by Gasteiger charge is -2.38. The standard InChI is InChI=1S/C15H22BrN3O/c1-15(5-7-19(2)8-6-15)10-18-14(20)12-9-11(16)3-4-13(12)17/h3-4,9H,5-8,10,17H2,1-2H3,(H,18,20). The zero-order valence-corrected chi connectivity index (χ0v) is 13.7. The van der Waals surface area contributed by atoms with Crippen LogP contribution in [-0.4, -0.2) is 37.5 Å². The maximum atomic E-state index is 12.2. The predicted molar refractivity (Wildman–Crippen MR) is 85.7 cm³/mol. The van der Waals surface area contributed by atoms with Crippen LogP contribution in [0.2, 0.25) is 0 Å². The van der Waals surface area contributed by atoms with Crippen LogP contribution >= 0.6 is 15.9 Å². The summed E-state index contributed by atoms with van der Waals surface area (Å²) in [7, 11) is 2.14. The van der Waals surface area contributed by atoms with Crippen molar-refractivity contribution in [2.24, 2.45) is 5.41 Å². The number of nitrogen functional groups attached to an aromatic ring is 1. The fraction of sp³-hybridized carbons (Fsp3) is 0.533. The summed E-state index contributed by atoms with van der Waals surface area (Å²) in [6, 6.07) is 5.35. The number of halogens is 1. The van der Waals surface area contributed by atoms with Gasteiger partial charge in [-0.3, -0.25) is 4.79 Å². The van der Waals surface area contributed by atoms with E-state index < -0.39 is 0 Å². The van der Waals surface area contributed by atoms with E-state index in [2.05, 4.69) is 40.1 Å². The number of likely N-dealkylation sites (tertiary alicyclic amines) is 1. The topological polar surface area (TPSA) is 58.4 Å². The molecule has 3 N–H and O–H groups in total. The molecule has 0 aromatic heterocycles. The van der Waals surface area contributed by atoms with Crippen LogP contribution in [0.5, 0.6) is 0 Å². The molecular weight excluding hydrogens is 318 g/mol. The first-order chi connectivity index (χ1) is 9.39. The molecule has 1 heterocycles. The minimum atomic E-state index is -0.0936. The van der Waals surface area contributed by atoms with Crippen molar-refractivity contribution in [3.05, 3.63) is 28.2 Å². The van der Waals surface area contributed by atoms with Crippen molar-refractivity contribution in [3.8, 4) is 0 Å². The Morgan fingerprint density at radius 1 is 1.45 bits per heavy atom.